The Hall–Kier alpha value is -3.28. The third-order valence-corrected chi connectivity index (χ3v) is 7.42. The maximum atomic E-state index is 13.9. The van der Waals surface area contributed by atoms with Gasteiger partial charge in [-0.25, -0.2) is 0 Å². The largest absolute Gasteiger partial charge is 0.463 e. The Morgan fingerprint density at radius 3 is 2.41 bits per heavy atom. The van der Waals surface area contributed by atoms with Crippen molar-refractivity contribution in [2.24, 2.45) is 0 Å². The Morgan fingerprint density at radius 2 is 1.74 bits per heavy atom. The third kappa shape index (κ3) is 4.17. The van der Waals surface area contributed by atoms with Gasteiger partial charge in [0.15, 0.2) is 0 Å². The summed E-state index contributed by atoms with van der Waals surface area (Å²) >= 11 is 0. The Morgan fingerprint density at radius 1 is 1.03 bits per heavy atom. The van der Waals surface area contributed by atoms with E-state index in [1.807, 2.05) is 66.9 Å². The van der Waals surface area contributed by atoms with Crippen LogP contribution in [0.3, 0.4) is 0 Å². The molecule has 2 amide bonds. The lowest BCUT2D eigenvalue weighted by Crippen LogP contribution is -2.64. The molecule has 3 heterocycles. The SMILES string of the molecule is Cc1ccc(CN2C(=O)c3ccc(-c4ccco4)n3CC2(C)C(=O)NC2CCCCCC2)cc1. The predicted molar refractivity (Wildman–Crippen MR) is 131 cm³/mol. The normalized spacial score (nSPS) is 21.2. The summed E-state index contributed by atoms with van der Waals surface area (Å²) in [5.41, 5.74) is 2.55. The van der Waals surface area contributed by atoms with Crippen LogP contribution in [0.2, 0.25) is 0 Å². The summed E-state index contributed by atoms with van der Waals surface area (Å²) in [5.74, 6) is 0.477. The molecule has 1 saturated carbocycles. The lowest BCUT2D eigenvalue weighted by molar-refractivity contribution is -0.134. The smallest absolute Gasteiger partial charge is 0.271 e. The van der Waals surface area contributed by atoms with Gasteiger partial charge in [-0.1, -0.05) is 55.5 Å². The zero-order valence-electron chi connectivity index (χ0n) is 20.0. The van der Waals surface area contributed by atoms with E-state index in [0.29, 0.717) is 24.5 Å². The molecule has 34 heavy (non-hydrogen) atoms. The minimum Gasteiger partial charge on any atom is -0.463 e. The lowest BCUT2D eigenvalue weighted by atomic mass is 9.92. The van der Waals surface area contributed by atoms with E-state index in [2.05, 4.69) is 5.32 Å². The van der Waals surface area contributed by atoms with Gasteiger partial charge < -0.3 is 19.2 Å². The average molecular weight is 460 g/mol. The summed E-state index contributed by atoms with van der Waals surface area (Å²) in [6.07, 6.45) is 8.35. The van der Waals surface area contributed by atoms with Crippen LogP contribution < -0.4 is 5.32 Å². The van der Waals surface area contributed by atoms with Crippen LogP contribution in [0.25, 0.3) is 11.5 Å². The summed E-state index contributed by atoms with van der Waals surface area (Å²) in [4.78, 5) is 29.5. The molecule has 6 heteroatoms. The van der Waals surface area contributed by atoms with Crippen LogP contribution in [-0.2, 0) is 17.9 Å². The molecule has 0 radical (unpaired) electrons. The molecule has 1 N–H and O–H groups in total. The van der Waals surface area contributed by atoms with Crippen molar-refractivity contribution < 1.29 is 14.0 Å². The average Bonchev–Trinajstić information content (AvgIpc) is 3.43. The topological polar surface area (TPSA) is 67.5 Å². The zero-order valence-corrected chi connectivity index (χ0v) is 20.0. The molecule has 1 aromatic carbocycles. The van der Waals surface area contributed by atoms with Gasteiger partial charge in [0.25, 0.3) is 5.91 Å². The summed E-state index contributed by atoms with van der Waals surface area (Å²) in [7, 11) is 0. The highest BCUT2D eigenvalue weighted by molar-refractivity contribution is 6.00. The van der Waals surface area contributed by atoms with Crippen molar-refractivity contribution in [1.82, 2.24) is 14.8 Å². The first-order chi connectivity index (χ1) is 16.5. The fourth-order valence-corrected chi connectivity index (χ4v) is 5.30. The van der Waals surface area contributed by atoms with Crippen molar-refractivity contribution in [1.29, 1.82) is 0 Å². The quantitative estimate of drug-likeness (QED) is 0.526. The van der Waals surface area contributed by atoms with Crippen molar-refractivity contribution in [3.05, 3.63) is 71.6 Å². The molecule has 0 bridgehead atoms. The number of fused-ring (bicyclic) bond motifs is 1. The number of aryl methyl sites for hydroxylation is 1. The van der Waals surface area contributed by atoms with Gasteiger partial charge in [0.2, 0.25) is 5.91 Å². The molecule has 1 unspecified atom stereocenters. The van der Waals surface area contributed by atoms with E-state index in [-0.39, 0.29) is 17.9 Å². The number of nitrogens with zero attached hydrogens (tertiary/aromatic N) is 2. The summed E-state index contributed by atoms with van der Waals surface area (Å²) in [5, 5.41) is 3.32. The minimum atomic E-state index is -1.03. The molecule has 178 valence electrons. The minimum absolute atomic E-state index is 0.0791. The van der Waals surface area contributed by atoms with E-state index in [4.69, 9.17) is 4.42 Å². The maximum absolute atomic E-state index is 13.9. The molecule has 0 spiro atoms. The Balaban J connectivity index is 1.51. The molecular formula is C28H33N3O3. The highest BCUT2D eigenvalue weighted by Gasteiger charge is 2.48. The first-order valence-electron chi connectivity index (χ1n) is 12.4. The summed E-state index contributed by atoms with van der Waals surface area (Å²) < 4.78 is 7.57. The molecule has 2 aromatic heterocycles. The Kier molecular flexibility index (Phi) is 6.07. The number of amides is 2. The molecule has 1 atom stereocenters. The fourth-order valence-electron chi connectivity index (χ4n) is 5.30. The van der Waals surface area contributed by atoms with E-state index in [1.165, 1.54) is 18.4 Å². The van der Waals surface area contributed by atoms with E-state index in [0.717, 1.165) is 36.9 Å². The second-order valence-electron chi connectivity index (χ2n) is 9.98. The number of benzene rings is 1. The van der Waals surface area contributed by atoms with Gasteiger partial charge in [0.1, 0.15) is 17.0 Å². The first kappa shape index (κ1) is 22.5. The van der Waals surface area contributed by atoms with Crippen molar-refractivity contribution >= 4 is 11.8 Å². The van der Waals surface area contributed by atoms with Crippen LogP contribution in [0, 0.1) is 6.92 Å². The maximum Gasteiger partial charge on any atom is 0.271 e. The fraction of sp³-hybridized carbons (Fsp3) is 0.429. The number of carbonyl (C=O) groups excluding carboxylic acids is 2. The summed E-state index contributed by atoms with van der Waals surface area (Å²) in [6.45, 7) is 4.71. The standard InChI is InChI=1S/C28H33N3O3/c1-20-11-13-21(14-12-20)18-31-26(32)24-16-15-23(25-10-7-17-34-25)30(24)19-28(31,2)27(33)29-22-8-5-3-4-6-9-22/h7,10-17,22H,3-6,8-9,18-19H2,1-2H3,(H,29,33). The number of furan rings is 1. The van der Waals surface area contributed by atoms with Gasteiger partial charge in [0, 0.05) is 12.6 Å². The number of rotatable bonds is 5. The van der Waals surface area contributed by atoms with Crippen LogP contribution in [-0.4, -0.2) is 32.9 Å². The number of hydrogen-bond acceptors (Lipinski definition) is 3. The molecule has 0 saturated heterocycles. The third-order valence-electron chi connectivity index (χ3n) is 7.42. The van der Waals surface area contributed by atoms with Crippen LogP contribution in [0.1, 0.15) is 67.1 Å². The van der Waals surface area contributed by atoms with Crippen LogP contribution in [0.15, 0.2) is 59.2 Å². The van der Waals surface area contributed by atoms with Gasteiger partial charge in [-0.05, 0) is 56.5 Å². The van der Waals surface area contributed by atoms with E-state index in [9.17, 15) is 9.59 Å². The van der Waals surface area contributed by atoms with Gasteiger partial charge in [-0.15, -0.1) is 0 Å². The Bertz CT molecular complexity index is 1150. The van der Waals surface area contributed by atoms with E-state index < -0.39 is 5.54 Å². The number of hydrogen-bond donors (Lipinski definition) is 1. The molecule has 6 nitrogen and oxygen atoms in total. The van der Waals surface area contributed by atoms with Gasteiger partial charge in [-0.3, -0.25) is 9.59 Å². The Labute approximate surface area is 200 Å². The van der Waals surface area contributed by atoms with Crippen LogP contribution in [0.4, 0.5) is 0 Å². The highest BCUT2D eigenvalue weighted by atomic mass is 16.3. The molecular weight excluding hydrogens is 426 g/mol. The zero-order chi connectivity index (χ0) is 23.7. The van der Waals surface area contributed by atoms with Gasteiger partial charge in [0.05, 0.1) is 18.5 Å². The second-order valence-corrected chi connectivity index (χ2v) is 9.98. The monoisotopic (exact) mass is 459 g/mol. The number of aromatic nitrogens is 1. The van der Waals surface area contributed by atoms with Crippen molar-refractivity contribution in [3.63, 3.8) is 0 Å². The van der Waals surface area contributed by atoms with Crippen LogP contribution >= 0.6 is 0 Å². The second kappa shape index (κ2) is 9.16. The predicted octanol–water partition coefficient (Wildman–Crippen LogP) is 5.31. The molecule has 1 aliphatic carbocycles. The number of nitrogens with one attached hydrogen (secondary N) is 1. The van der Waals surface area contributed by atoms with Crippen LogP contribution in [0.5, 0.6) is 0 Å². The van der Waals surface area contributed by atoms with Crippen molar-refractivity contribution in [3.8, 4) is 11.5 Å². The number of carbonyl (C=O) groups is 2. The molecule has 1 aliphatic heterocycles. The molecule has 2 aliphatic rings. The van der Waals surface area contributed by atoms with Crippen molar-refractivity contribution in [2.75, 3.05) is 0 Å². The molecule has 1 fully saturated rings. The van der Waals surface area contributed by atoms with E-state index >= 15 is 0 Å². The molecule has 3 aromatic rings. The first-order valence-corrected chi connectivity index (χ1v) is 12.4. The van der Waals surface area contributed by atoms with E-state index in [1.54, 1.807) is 11.2 Å². The lowest BCUT2D eigenvalue weighted by Gasteiger charge is -2.45. The van der Waals surface area contributed by atoms with Gasteiger partial charge in [-0.2, -0.15) is 0 Å². The highest BCUT2D eigenvalue weighted by Crippen LogP contribution is 2.34. The van der Waals surface area contributed by atoms with Gasteiger partial charge >= 0.3 is 0 Å². The summed E-state index contributed by atoms with van der Waals surface area (Å²) in [6, 6.07) is 15.8. The van der Waals surface area contributed by atoms with Crippen molar-refractivity contribution in [2.45, 2.75) is 77.0 Å². The molecule has 5 rings (SSSR count).